The Bertz CT molecular complexity index is 1330. The number of pyridine rings is 1. The van der Waals surface area contributed by atoms with E-state index in [1.807, 2.05) is 38.1 Å². The fraction of sp³-hybridized carbons (Fsp3) is 0.300. The minimum absolute atomic E-state index is 0.0271. The molecule has 0 aliphatic carbocycles. The Balaban J connectivity index is 1.39. The van der Waals surface area contributed by atoms with Crippen LogP contribution in [0, 0.1) is 6.92 Å². The summed E-state index contributed by atoms with van der Waals surface area (Å²) in [6.45, 7) is 7.08. The second-order valence-electron chi connectivity index (χ2n) is 9.77. The highest BCUT2D eigenvalue weighted by Gasteiger charge is 2.23. The molecule has 0 unspecified atom stereocenters. The molecule has 4 aromatic rings. The Kier molecular flexibility index (Phi) is 6.96. The first kappa shape index (κ1) is 23.9. The third-order valence-electron chi connectivity index (χ3n) is 6.62. The zero-order valence-corrected chi connectivity index (χ0v) is 21.3. The van der Waals surface area contributed by atoms with Gasteiger partial charge in [-0.15, -0.1) is 0 Å². The SMILES string of the molecule is Cc1cc(N2CCCc3ccc(-c4ccccc4)nc32)nc(N[C@@H](C)Cc2cccc([C@@H](C)N)c2)n1. The Morgan fingerprint density at radius 2 is 1.78 bits per heavy atom. The van der Waals surface area contributed by atoms with E-state index in [0.29, 0.717) is 5.95 Å². The lowest BCUT2D eigenvalue weighted by Gasteiger charge is -2.30. The van der Waals surface area contributed by atoms with Gasteiger partial charge in [0.2, 0.25) is 5.95 Å². The second kappa shape index (κ2) is 10.5. The second-order valence-corrected chi connectivity index (χ2v) is 9.77. The van der Waals surface area contributed by atoms with Crippen molar-refractivity contribution in [2.24, 2.45) is 5.73 Å². The molecule has 0 bridgehead atoms. The van der Waals surface area contributed by atoms with Crippen molar-refractivity contribution in [3.8, 4) is 11.3 Å². The molecule has 2 aromatic heterocycles. The Morgan fingerprint density at radius 1 is 0.944 bits per heavy atom. The van der Waals surface area contributed by atoms with Crippen LogP contribution in [0.15, 0.2) is 72.8 Å². The molecular weight excluding hydrogens is 444 g/mol. The zero-order valence-electron chi connectivity index (χ0n) is 21.3. The van der Waals surface area contributed by atoms with Gasteiger partial charge in [-0.05, 0) is 62.8 Å². The molecule has 0 saturated heterocycles. The molecule has 1 aliphatic rings. The summed E-state index contributed by atoms with van der Waals surface area (Å²) in [5, 5.41) is 3.52. The van der Waals surface area contributed by atoms with Gasteiger partial charge in [-0.1, -0.05) is 60.7 Å². The van der Waals surface area contributed by atoms with Crippen LogP contribution in [0.5, 0.6) is 0 Å². The number of fused-ring (bicyclic) bond motifs is 1. The molecule has 0 spiro atoms. The average molecular weight is 479 g/mol. The van der Waals surface area contributed by atoms with Crippen LogP contribution in [0.25, 0.3) is 11.3 Å². The van der Waals surface area contributed by atoms with Crippen molar-refractivity contribution in [3.05, 3.63) is 95.2 Å². The average Bonchev–Trinajstić information content (AvgIpc) is 2.88. The summed E-state index contributed by atoms with van der Waals surface area (Å²) in [6.07, 6.45) is 2.96. The van der Waals surface area contributed by atoms with Gasteiger partial charge in [0.05, 0.1) is 5.69 Å². The highest BCUT2D eigenvalue weighted by Crippen LogP contribution is 2.33. The maximum atomic E-state index is 6.07. The first-order valence-electron chi connectivity index (χ1n) is 12.8. The lowest BCUT2D eigenvalue weighted by Crippen LogP contribution is -2.28. The molecule has 3 N–H and O–H groups in total. The molecule has 6 nitrogen and oxygen atoms in total. The van der Waals surface area contributed by atoms with E-state index in [9.17, 15) is 0 Å². The summed E-state index contributed by atoms with van der Waals surface area (Å²) < 4.78 is 0. The minimum atomic E-state index is 0.0271. The van der Waals surface area contributed by atoms with Crippen molar-refractivity contribution < 1.29 is 0 Å². The predicted molar refractivity (Wildman–Crippen MR) is 148 cm³/mol. The topological polar surface area (TPSA) is 80.0 Å². The van der Waals surface area contributed by atoms with Crippen molar-refractivity contribution in [1.82, 2.24) is 15.0 Å². The van der Waals surface area contributed by atoms with Crippen LogP contribution in [-0.2, 0) is 12.8 Å². The van der Waals surface area contributed by atoms with Gasteiger partial charge in [0, 0.05) is 36.0 Å². The fourth-order valence-electron chi connectivity index (χ4n) is 4.82. The number of hydrogen-bond donors (Lipinski definition) is 2. The third kappa shape index (κ3) is 5.39. The smallest absolute Gasteiger partial charge is 0.225 e. The molecule has 6 heteroatoms. The van der Waals surface area contributed by atoms with Gasteiger partial charge in [-0.2, -0.15) is 4.98 Å². The molecule has 0 fully saturated rings. The van der Waals surface area contributed by atoms with E-state index < -0.39 is 0 Å². The lowest BCUT2D eigenvalue weighted by atomic mass is 10.0. The van der Waals surface area contributed by atoms with Gasteiger partial charge in [0.15, 0.2) is 0 Å². The van der Waals surface area contributed by atoms with Gasteiger partial charge in [0.25, 0.3) is 0 Å². The number of nitrogens with one attached hydrogen (secondary N) is 1. The molecule has 2 atom stereocenters. The van der Waals surface area contributed by atoms with Gasteiger partial charge in [-0.3, -0.25) is 0 Å². The van der Waals surface area contributed by atoms with Gasteiger partial charge < -0.3 is 16.0 Å². The number of rotatable bonds is 7. The van der Waals surface area contributed by atoms with Crippen LogP contribution in [-0.4, -0.2) is 27.5 Å². The highest BCUT2D eigenvalue weighted by molar-refractivity contribution is 5.68. The van der Waals surface area contributed by atoms with E-state index in [1.165, 1.54) is 11.1 Å². The van der Waals surface area contributed by atoms with E-state index in [2.05, 4.69) is 70.7 Å². The Morgan fingerprint density at radius 3 is 2.58 bits per heavy atom. The number of aryl methyl sites for hydroxylation is 2. The molecule has 1 aliphatic heterocycles. The maximum Gasteiger partial charge on any atom is 0.225 e. The molecule has 184 valence electrons. The lowest BCUT2D eigenvalue weighted by molar-refractivity contribution is 0.740. The quantitative estimate of drug-likeness (QED) is 0.339. The monoisotopic (exact) mass is 478 g/mol. The number of nitrogens with zero attached hydrogens (tertiary/aromatic N) is 4. The third-order valence-corrected chi connectivity index (χ3v) is 6.62. The standard InChI is InChI=1S/C30H34N6/c1-20(17-23-9-7-12-26(19-23)22(3)31)32-30-33-21(2)18-28(35-30)36-16-8-13-25-14-15-27(34-29(25)36)24-10-5-4-6-11-24/h4-7,9-12,14-15,18-20,22H,8,13,16-17,31H2,1-3H3,(H,32,33,35)/t20-,22+/m0/s1. The number of nitrogens with two attached hydrogens (primary N) is 1. The van der Waals surface area contributed by atoms with Gasteiger partial charge in [-0.25, -0.2) is 9.97 Å². The van der Waals surface area contributed by atoms with Gasteiger partial charge in [0.1, 0.15) is 11.6 Å². The van der Waals surface area contributed by atoms with Crippen LogP contribution in [0.2, 0.25) is 0 Å². The summed E-state index contributed by atoms with van der Waals surface area (Å²) in [5.41, 5.74) is 12.8. The normalized spacial score (nSPS) is 14.7. The number of aromatic nitrogens is 3. The van der Waals surface area contributed by atoms with E-state index in [1.54, 1.807) is 0 Å². The number of benzene rings is 2. The van der Waals surface area contributed by atoms with E-state index >= 15 is 0 Å². The van der Waals surface area contributed by atoms with Crippen molar-refractivity contribution in [2.75, 3.05) is 16.8 Å². The molecule has 0 radical (unpaired) electrons. The van der Waals surface area contributed by atoms with Crippen molar-refractivity contribution in [2.45, 2.75) is 52.1 Å². The Hall–Kier alpha value is -3.77. The summed E-state index contributed by atoms with van der Waals surface area (Å²) in [5.74, 6) is 2.52. The van der Waals surface area contributed by atoms with Crippen molar-refractivity contribution in [3.63, 3.8) is 0 Å². The number of hydrogen-bond acceptors (Lipinski definition) is 6. The number of anilines is 3. The molecule has 5 rings (SSSR count). The zero-order chi connectivity index (χ0) is 25.1. The van der Waals surface area contributed by atoms with Gasteiger partial charge >= 0.3 is 0 Å². The minimum Gasteiger partial charge on any atom is -0.351 e. The largest absolute Gasteiger partial charge is 0.351 e. The van der Waals surface area contributed by atoms with E-state index in [0.717, 1.165) is 60.0 Å². The first-order chi connectivity index (χ1) is 17.5. The highest BCUT2D eigenvalue weighted by atomic mass is 15.3. The fourth-order valence-corrected chi connectivity index (χ4v) is 4.82. The molecular formula is C30H34N6. The van der Waals surface area contributed by atoms with Crippen molar-refractivity contribution in [1.29, 1.82) is 0 Å². The van der Waals surface area contributed by atoms with Crippen LogP contribution >= 0.6 is 0 Å². The molecule has 36 heavy (non-hydrogen) atoms. The predicted octanol–water partition coefficient (Wildman–Crippen LogP) is 5.99. The molecule has 3 heterocycles. The first-order valence-corrected chi connectivity index (χ1v) is 12.8. The van der Waals surface area contributed by atoms with Crippen LogP contribution in [0.3, 0.4) is 0 Å². The maximum absolute atomic E-state index is 6.07. The summed E-state index contributed by atoms with van der Waals surface area (Å²) in [7, 11) is 0. The van der Waals surface area contributed by atoms with E-state index in [4.69, 9.17) is 15.7 Å². The van der Waals surface area contributed by atoms with Crippen LogP contribution in [0.4, 0.5) is 17.6 Å². The van der Waals surface area contributed by atoms with Crippen LogP contribution < -0.4 is 16.0 Å². The van der Waals surface area contributed by atoms with Crippen molar-refractivity contribution >= 4 is 17.6 Å². The molecule has 0 saturated carbocycles. The summed E-state index contributed by atoms with van der Waals surface area (Å²) in [6, 6.07) is 25.4. The summed E-state index contributed by atoms with van der Waals surface area (Å²) in [4.78, 5) is 16.9. The Labute approximate surface area is 213 Å². The summed E-state index contributed by atoms with van der Waals surface area (Å²) >= 11 is 0. The van der Waals surface area contributed by atoms with Crippen LogP contribution in [0.1, 0.15) is 48.7 Å². The molecule has 2 aromatic carbocycles. The molecule has 0 amide bonds. The van der Waals surface area contributed by atoms with E-state index in [-0.39, 0.29) is 12.1 Å².